The number of methoxy groups -OCH3 is 2. The third kappa shape index (κ3) is 3.90. The summed E-state index contributed by atoms with van der Waals surface area (Å²) in [4.78, 5) is 3.97. The van der Waals surface area contributed by atoms with Gasteiger partial charge in [-0.25, -0.2) is 4.98 Å². The molecule has 1 heterocycles. The lowest BCUT2D eigenvalue weighted by Gasteiger charge is -2.04. The monoisotopic (exact) mass is 316 g/mol. The first kappa shape index (κ1) is 15.7. The van der Waals surface area contributed by atoms with Crippen LogP contribution in [-0.4, -0.2) is 30.6 Å². The maximum Gasteiger partial charge on any atom is 0.129 e. The fourth-order valence-electron chi connectivity index (χ4n) is 1.74. The zero-order valence-corrected chi connectivity index (χ0v) is 12.8. The number of ether oxygens (including phenoxy) is 2. The SMILES string of the molecule is COc1cc(C#Cc2cnc(Cl)cc2/C=N/O)cc(OC)c1. The topological polar surface area (TPSA) is 63.9 Å². The molecule has 0 fully saturated rings. The Bertz CT molecular complexity index is 741. The van der Waals surface area contributed by atoms with Gasteiger partial charge in [-0.3, -0.25) is 0 Å². The molecule has 1 aromatic carbocycles. The van der Waals surface area contributed by atoms with E-state index < -0.39 is 0 Å². The van der Waals surface area contributed by atoms with Gasteiger partial charge in [0, 0.05) is 23.4 Å². The van der Waals surface area contributed by atoms with Crippen molar-refractivity contribution in [1.82, 2.24) is 4.98 Å². The minimum atomic E-state index is 0.295. The van der Waals surface area contributed by atoms with E-state index in [2.05, 4.69) is 22.0 Å². The third-order valence-electron chi connectivity index (χ3n) is 2.79. The van der Waals surface area contributed by atoms with Gasteiger partial charge < -0.3 is 14.7 Å². The lowest BCUT2D eigenvalue weighted by Crippen LogP contribution is -1.91. The Morgan fingerprint density at radius 1 is 1.14 bits per heavy atom. The minimum absolute atomic E-state index is 0.295. The largest absolute Gasteiger partial charge is 0.497 e. The smallest absolute Gasteiger partial charge is 0.129 e. The summed E-state index contributed by atoms with van der Waals surface area (Å²) >= 11 is 5.81. The Hall–Kier alpha value is -2.71. The minimum Gasteiger partial charge on any atom is -0.497 e. The second kappa shape index (κ2) is 7.34. The second-order valence-corrected chi connectivity index (χ2v) is 4.58. The van der Waals surface area contributed by atoms with Crippen molar-refractivity contribution < 1.29 is 14.7 Å². The van der Waals surface area contributed by atoms with Crippen LogP contribution in [0.15, 0.2) is 35.6 Å². The zero-order chi connectivity index (χ0) is 15.9. The summed E-state index contributed by atoms with van der Waals surface area (Å²) in [5.74, 6) is 7.25. The Kier molecular flexibility index (Phi) is 5.23. The summed E-state index contributed by atoms with van der Waals surface area (Å²) in [5, 5.41) is 12.0. The maximum absolute atomic E-state index is 8.68. The van der Waals surface area contributed by atoms with Gasteiger partial charge >= 0.3 is 0 Å². The van der Waals surface area contributed by atoms with Crippen LogP contribution < -0.4 is 9.47 Å². The van der Waals surface area contributed by atoms with E-state index in [0.717, 1.165) is 5.56 Å². The first-order chi connectivity index (χ1) is 10.7. The van der Waals surface area contributed by atoms with Crippen molar-refractivity contribution in [3.63, 3.8) is 0 Å². The van der Waals surface area contributed by atoms with E-state index in [1.807, 2.05) is 0 Å². The molecule has 112 valence electrons. The van der Waals surface area contributed by atoms with Crippen LogP contribution >= 0.6 is 11.6 Å². The maximum atomic E-state index is 8.68. The van der Waals surface area contributed by atoms with Crippen molar-refractivity contribution in [2.75, 3.05) is 14.2 Å². The van der Waals surface area contributed by atoms with Gasteiger partial charge in [0.25, 0.3) is 0 Å². The number of benzene rings is 1. The number of oxime groups is 1. The van der Waals surface area contributed by atoms with Gasteiger partial charge in [0.05, 0.1) is 26.0 Å². The van der Waals surface area contributed by atoms with Crippen molar-refractivity contribution in [2.45, 2.75) is 0 Å². The van der Waals surface area contributed by atoms with Crippen LogP contribution in [0.5, 0.6) is 11.5 Å². The van der Waals surface area contributed by atoms with Gasteiger partial charge in [-0.1, -0.05) is 28.6 Å². The predicted molar refractivity (Wildman–Crippen MR) is 84.2 cm³/mol. The summed E-state index contributed by atoms with van der Waals surface area (Å²) in [7, 11) is 3.15. The predicted octanol–water partition coefficient (Wildman–Crippen LogP) is 2.96. The van der Waals surface area contributed by atoms with Crippen LogP contribution in [-0.2, 0) is 0 Å². The summed E-state index contributed by atoms with van der Waals surface area (Å²) in [5.41, 5.74) is 1.88. The molecule has 0 aliphatic rings. The highest BCUT2D eigenvalue weighted by Gasteiger charge is 2.02. The van der Waals surface area contributed by atoms with Gasteiger partial charge in [-0.05, 0) is 18.2 Å². The highest BCUT2D eigenvalue weighted by Crippen LogP contribution is 2.22. The molecule has 22 heavy (non-hydrogen) atoms. The van der Waals surface area contributed by atoms with Crippen LogP contribution in [0.25, 0.3) is 0 Å². The Balaban J connectivity index is 2.42. The molecule has 6 heteroatoms. The van der Waals surface area contributed by atoms with Crippen molar-refractivity contribution in [3.05, 3.63) is 52.3 Å². The lowest BCUT2D eigenvalue weighted by atomic mass is 10.1. The quantitative estimate of drug-likeness (QED) is 0.311. The average Bonchev–Trinajstić information content (AvgIpc) is 2.54. The van der Waals surface area contributed by atoms with Gasteiger partial charge in [-0.2, -0.15) is 0 Å². The number of pyridine rings is 1. The molecule has 0 atom stereocenters. The van der Waals surface area contributed by atoms with Crippen molar-refractivity contribution in [2.24, 2.45) is 5.16 Å². The van der Waals surface area contributed by atoms with E-state index in [1.165, 1.54) is 12.4 Å². The molecule has 0 amide bonds. The number of hydrogen-bond acceptors (Lipinski definition) is 5. The van der Waals surface area contributed by atoms with E-state index in [9.17, 15) is 0 Å². The number of aromatic nitrogens is 1. The molecule has 5 nitrogen and oxygen atoms in total. The van der Waals surface area contributed by atoms with Crippen molar-refractivity contribution in [1.29, 1.82) is 0 Å². The van der Waals surface area contributed by atoms with Crippen LogP contribution in [0, 0.1) is 11.8 Å². The molecule has 1 N–H and O–H groups in total. The average molecular weight is 317 g/mol. The van der Waals surface area contributed by atoms with E-state index in [0.29, 0.717) is 27.8 Å². The van der Waals surface area contributed by atoms with Crippen molar-refractivity contribution >= 4 is 17.8 Å². The molecule has 0 saturated carbocycles. The molecule has 2 aromatic rings. The second-order valence-electron chi connectivity index (χ2n) is 4.19. The number of rotatable bonds is 3. The molecule has 0 aliphatic heterocycles. The van der Waals surface area contributed by atoms with E-state index in [4.69, 9.17) is 26.3 Å². The Morgan fingerprint density at radius 3 is 2.41 bits per heavy atom. The van der Waals surface area contributed by atoms with Crippen molar-refractivity contribution in [3.8, 4) is 23.3 Å². The zero-order valence-electron chi connectivity index (χ0n) is 12.0. The number of hydrogen-bond donors (Lipinski definition) is 1. The molecular weight excluding hydrogens is 304 g/mol. The standard InChI is InChI=1S/C16H13ClN2O3/c1-21-14-5-11(6-15(8-14)22-2)3-4-12-9-18-16(17)7-13(12)10-19-20/h5-10,20H,1-2H3/b19-10+. The summed E-state index contributed by atoms with van der Waals surface area (Å²) in [6.07, 6.45) is 2.77. The Morgan fingerprint density at radius 2 is 1.82 bits per heavy atom. The normalized spacial score (nSPS) is 10.1. The van der Waals surface area contributed by atoms with Gasteiger partial charge in [0.15, 0.2) is 0 Å². The number of halogens is 1. The van der Waals surface area contributed by atoms with E-state index in [-0.39, 0.29) is 0 Å². The summed E-state index contributed by atoms with van der Waals surface area (Å²) in [6.45, 7) is 0. The molecule has 0 radical (unpaired) electrons. The molecule has 0 bridgehead atoms. The molecule has 0 unspecified atom stereocenters. The van der Waals surface area contributed by atoms with Gasteiger partial charge in [0.2, 0.25) is 0 Å². The molecule has 2 rings (SSSR count). The fourth-order valence-corrected chi connectivity index (χ4v) is 1.90. The van der Waals surface area contributed by atoms with E-state index in [1.54, 1.807) is 38.5 Å². The van der Waals surface area contributed by atoms with Crippen LogP contribution in [0.4, 0.5) is 0 Å². The first-order valence-corrected chi connectivity index (χ1v) is 6.62. The van der Waals surface area contributed by atoms with E-state index >= 15 is 0 Å². The first-order valence-electron chi connectivity index (χ1n) is 6.24. The van der Waals surface area contributed by atoms with Crippen LogP contribution in [0.3, 0.4) is 0 Å². The molecule has 0 spiro atoms. The highest BCUT2D eigenvalue weighted by atomic mass is 35.5. The fraction of sp³-hybridized carbons (Fsp3) is 0.125. The summed E-state index contributed by atoms with van der Waals surface area (Å²) < 4.78 is 10.4. The summed E-state index contributed by atoms with van der Waals surface area (Å²) in [6, 6.07) is 6.91. The highest BCUT2D eigenvalue weighted by molar-refractivity contribution is 6.29. The lowest BCUT2D eigenvalue weighted by molar-refractivity contribution is 0.322. The molecule has 0 aliphatic carbocycles. The third-order valence-corrected chi connectivity index (χ3v) is 3.00. The number of nitrogens with zero attached hydrogens (tertiary/aromatic N) is 2. The Labute approximate surface area is 133 Å². The van der Waals surface area contributed by atoms with Gasteiger partial charge in [0.1, 0.15) is 16.7 Å². The molecule has 1 aromatic heterocycles. The molecular formula is C16H13ClN2O3. The molecule has 0 saturated heterocycles. The van der Waals surface area contributed by atoms with Gasteiger partial charge in [-0.15, -0.1) is 0 Å². The van der Waals surface area contributed by atoms with Crippen LogP contribution in [0.1, 0.15) is 16.7 Å². The van der Waals surface area contributed by atoms with Crippen LogP contribution in [0.2, 0.25) is 5.15 Å².